The van der Waals surface area contributed by atoms with Crippen molar-refractivity contribution in [2.75, 3.05) is 11.5 Å². The van der Waals surface area contributed by atoms with Crippen LogP contribution in [-0.4, -0.2) is 42.0 Å². The first kappa shape index (κ1) is 16.6. The molecule has 1 amide bonds. The number of amides is 1. The smallest absolute Gasteiger partial charge is 0.226 e. The number of aromatic nitrogens is 2. The first-order valence-electron chi connectivity index (χ1n) is 7.90. The number of aryl methyl sites for hydroxylation is 1. The zero-order valence-electron chi connectivity index (χ0n) is 13.1. The Kier molecular flexibility index (Phi) is 4.94. The fourth-order valence-electron chi connectivity index (χ4n) is 2.67. The summed E-state index contributed by atoms with van der Waals surface area (Å²) in [7, 11) is -2.98. The fourth-order valence-corrected chi connectivity index (χ4v) is 4.34. The minimum Gasteiger partial charge on any atom is -0.352 e. The van der Waals surface area contributed by atoms with Gasteiger partial charge in [-0.1, -0.05) is 35.5 Å². The number of nitrogens with zero attached hydrogens (tertiary/aromatic N) is 2. The van der Waals surface area contributed by atoms with Crippen molar-refractivity contribution < 1.29 is 17.7 Å². The number of rotatable bonds is 6. The lowest BCUT2D eigenvalue weighted by atomic mass is 10.2. The number of sulfone groups is 1. The Morgan fingerprint density at radius 2 is 2.08 bits per heavy atom. The van der Waals surface area contributed by atoms with Gasteiger partial charge in [0.2, 0.25) is 17.6 Å². The summed E-state index contributed by atoms with van der Waals surface area (Å²) in [6.45, 7) is 0. The lowest BCUT2D eigenvalue weighted by Crippen LogP contribution is -2.35. The van der Waals surface area contributed by atoms with Gasteiger partial charge in [-0.15, -0.1) is 0 Å². The second-order valence-electron chi connectivity index (χ2n) is 5.90. The highest BCUT2D eigenvalue weighted by molar-refractivity contribution is 7.91. The van der Waals surface area contributed by atoms with Gasteiger partial charge >= 0.3 is 0 Å². The van der Waals surface area contributed by atoms with Crippen LogP contribution in [0.15, 0.2) is 34.9 Å². The first-order valence-corrected chi connectivity index (χ1v) is 9.72. The molecule has 2 heterocycles. The topological polar surface area (TPSA) is 102 Å². The van der Waals surface area contributed by atoms with E-state index in [4.69, 9.17) is 4.52 Å². The zero-order chi connectivity index (χ0) is 17.0. The summed E-state index contributed by atoms with van der Waals surface area (Å²) in [5.41, 5.74) is 0.882. The van der Waals surface area contributed by atoms with E-state index in [1.807, 2.05) is 30.3 Å². The van der Waals surface area contributed by atoms with Crippen molar-refractivity contribution in [1.82, 2.24) is 15.5 Å². The van der Waals surface area contributed by atoms with Crippen LogP contribution >= 0.6 is 0 Å². The number of hydrogen-bond acceptors (Lipinski definition) is 6. The molecule has 0 aliphatic carbocycles. The van der Waals surface area contributed by atoms with Crippen LogP contribution in [0.4, 0.5) is 0 Å². The van der Waals surface area contributed by atoms with Crippen molar-refractivity contribution in [2.24, 2.45) is 0 Å². The van der Waals surface area contributed by atoms with Gasteiger partial charge in [0.1, 0.15) is 0 Å². The van der Waals surface area contributed by atoms with E-state index in [0.717, 1.165) is 5.56 Å². The molecule has 1 saturated heterocycles. The molecule has 0 bridgehead atoms. The van der Waals surface area contributed by atoms with E-state index < -0.39 is 9.84 Å². The molecule has 24 heavy (non-hydrogen) atoms. The second-order valence-corrected chi connectivity index (χ2v) is 8.13. The molecule has 1 aliphatic heterocycles. The van der Waals surface area contributed by atoms with Gasteiger partial charge in [0.15, 0.2) is 9.84 Å². The van der Waals surface area contributed by atoms with E-state index in [-0.39, 0.29) is 23.5 Å². The fraction of sp³-hybridized carbons (Fsp3) is 0.438. The molecule has 1 aromatic heterocycles. The zero-order valence-corrected chi connectivity index (χ0v) is 14.0. The second kappa shape index (κ2) is 7.12. The van der Waals surface area contributed by atoms with Gasteiger partial charge in [-0.25, -0.2) is 8.42 Å². The van der Waals surface area contributed by atoms with Crippen LogP contribution in [0.1, 0.15) is 25.2 Å². The van der Waals surface area contributed by atoms with Crippen molar-refractivity contribution in [3.63, 3.8) is 0 Å². The average molecular weight is 349 g/mol. The van der Waals surface area contributed by atoms with Crippen LogP contribution in [0.25, 0.3) is 11.4 Å². The number of benzene rings is 1. The van der Waals surface area contributed by atoms with Crippen LogP contribution in [0.3, 0.4) is 0 Å². The van der Waals surface area contributed by atoms with E-state index in [9.17, 15) is 13.2 Å². The van der Waals surface area contributed by atoms with Gasteiger partial charge in [0.05, 0.1) is 11.5 Å². The van der Waals surface area contributed by atoms with Crippen LogP contribution < -0.4 is 5.32 Å². The predicted molar refractivity (Wildman–Crippen MR) is 87.9 cm³/mol. The Bertz CT molecular complexity index is 802. The molecular formula is C16H19N3O4S. The number of carbonyl (C=O) groups excluding carboxylic acids is 1. The molecule has 2 aromatic rings. The quantitative estimate of drug-likeness (QED) is 0.845. The van der Waals surface area contributed by atoms with Crippen LogP contribution in [-0.2, 0) is 21.1 Å². The van der Waals surface area contributed by atoms with Crippen molar-refractivity contribution in [1.29, 1.82) is 0 Å². The number of nitrogens with one attached hydrogen (secondary N) is 1. The summed E-state index contributed by atoms with van der Waals surface area (Å²) in [5, 5.41) is 6.70. The van der Waals surface area contributed by atoms with E-state index >= 15 is 0 Å². The van der Waals surface area contributed by atoms with E-state index in [1.54, 1.807) is 0 Å². The van der Waals surface area contributed by atoms with Crippen molar-refractivity contribution in [3.05, 3.63) is 36.2 Å². The largest absolute Gasteiger partial charge is 0.352 e. The van der Waals surface area contributed by atoms with Gasteiger partial charge in [-0.05, 0) is 12.8 Å². The van der Waals surface area contributed by atoms with Gasteiger partial charge in [0, 0.05) is 24.4 Å². The van der Waals surface area contributed by atoms with Crippen molar-refractivity contribution in [2.45, 2.75) is 31.7 Å². The maximum Gasteiger partial charge on any atom is 0.226 e. The SMILES string of the molecule is O=C(CCCc1nc(-c2ccccc2)no1)N[C@@H]1CCS(=O)(=O)C1. The Morgan fingerprint density at radius 3 is 2.79 bits per heavy atom. The summed E-state index contributed by atoms with van der Waals surface area (Å²) < 4.78 is 27.9. The van der Waals surface area contributed by atoms with Gasteiger partial charge < -0.3 is 9.84 Å². The minimum atomic E-state index is -2.98. The summed E-state index contributed by atoms with van der Waals surface area (Å²) in [4.78, 5) is 16.2. The highest BCUT2D eigenvalue weighted by atomic mass is 32.2. The van der Waals surface area contributed by atoms with Crippen molar-refractivity contribution >= 4 is 15.7 Å². The number of hydrogen-bond donors (Lipinski definition) is 1. The standard InChI is InChI=1S/C16H19N3O4S/c20-14(17-13-9-10-24(21,22)11-13)7-4-8-15-18-16(19-23-15)12-5-2-1-3-6-12/h1-3,5-6,13H,4,7-11H2,(H,17,20)/t13-/m1/s1. The highest BCUT2D eigenvalue weighted by Gasteiger charge is 2.28. The molecule has 0 unspecified atom stereocenters. The normalized spacial score (nSPS) is 19.2. The van der Waals surface area contributed by atoms with Gasteiger partial charge in [0.25, 0.3) is 0 Å². The lowest BCUT2D eigenvalue weighted by Gasteiger charge is -2.09. The molecule has 1 aliphatic rings. The molecule has 7 nitrogen and oxygen atoms in total. The van der Waals surface area contributed by atoms with Gasteiger partial charge in [-0.3, -0.25) is 4.79 Å². The third-order valence-electron chi connectivity index (χ3n) is 3.89. The molecule has 1 aromatic carbocycles. The number of carbonyl (C=O) groups is 1. The van der Waals surface area contributed by atoms with Crippen LogP contribution in [0, 0.1) is 0 Å². The molecule has 3 rings (SSSR count). The lowest BCUT2D eigenvalue weighted by molar-refractivity contribution is -0.121. The van der Waals surface area contributed by atoms with Crippen LogP contribution in [0.2, 0.25) is 0 Å². The summed E-state index contributed by atoms with van der Waals surface area (Å²) >= 11 is 0. The third-order valence-corrected chi connectivity index (χ3v) is 5.66. The summed E-state index contributed by atoms with van der Waals surface area (Å²) in [5.74, 6) is 1.08. The average Bonchev–Trinajstić information content (AvgIpc) is 3.15. The molecule has 8 heteroatoms. The third kappa shape index (κ3) is 4.41. The Hall–Kier alpha value is -2.22. The first-order chi connectivity index (χ1) is 11.5. The Morgan fingerprint density at radius 1 is 1.29 bits per heavy atom. The molecular weight excluding hydrogens is 330 g/mol. The van der Waals surface area contributed by atoms with E-state index in [1.165, 1.54) is 0 Å². The minimum absolute atomic E-state index is 0.0445. The molecule has 1 N–H and O–H groups in total. The molecule has 0 spiro atoms. The predicted octanol–water partition coefficient (Wildman–Crippen LogP) is 1.36. The highest BCUT2D eigenvalue weighted by Crippen LogP contribution is 2.16. The van der Waals surface area contributed by atoms with Crippen LogP contribution in [0.5, 0.6) is 0 Å². The molecule has 1 fully saturated rings. The van der Waals surface area contributed by atoms with E-state index in [2.05, 4.69) is 15.5 Å². The Balaban J connectivity index is 1.44. The maximum atomic E-state index is 11.9. The Labute approximate surface area is 140 Å². The molecule has 0 radical (unpaired) electrons. The summed E-state index contributed by atoms with van der Waals surface area (Å²) in [6, 6.07) is 9.27. The van der Waals surface area contributed by atoms with Gasteiger partial charge in [-0.2, -0.15) is 4.98 Å². The monoisotopic (exact) mass is 349 g/mol. The van der Waals surface area contributed by atoms with E-state index in [0.29, 0.717) is 37.4 Å². The van der Waals surface area contributed by atoms with Crippen molar-refractivity contribution in [3.8, 4) is 11.4 Å². The maximum absolute atomic E-state index is 11.9. The molecule has 128 valence electrons. The molecule has 1 atom stereocenters. The molecule has 0 saturated carbocycles. The summed E-state index contributed by atoms with van der Waals surface area (Å²) in [6.07, 6.45) is 1.88.